The summed E-state index contributed by atoms with van der Waals surface area (Å²) in [6, 6.07) is 0. The van der Waals surface area contributed by atoms with Crippen molar-refractivity contribution in [3.05, 3.63) is 22.8 Å². The molecule has 0 aromatic carbocycles. The fourth-order valence-electron chi connectivity index (χ4n) is 0.868. The Morgan fingerprint density at radius 1 is 1.64 bits per heavy atom. The molecule has 0 aromatic heterocycles. The lowest BCUT2D eigenvalue weighted by atomic mass is 10.1. The van der Waals surface area contributed by atoms with Gasteiger partial charge in [0.2, 0.25) is 0 Å². The summed E-state index contributed by atoms with van der Waals surface area (Å²) in [7, 11) is 0. The van der Waals surface area contributed by atoms with Crippen LogP contribution in [0.25, 0.3) is 0 Å². The maximum atomic E-state index is 5.99. The molecule has 0 heterocycles. The molecule has 2 N–H and O–H groups in total. The summed E-state index contributed by atoms with van der Waals surface area (Å²) >= 11 is 14.2. The van der Waals surface area contributed by atoms with Gasteiger partial charge in [-0.2, -0.15) is 0 Å². The van der Waals surface area contributed by atoms with Crippen molar-refractivity contribution in [2.24, 2.45) is 5.73 Å². The Bertz CT molecular complexity index is 212. The Kier molecular flexibility index (Phi) is 3.68. The summed E-state index contributed by atoms with van der Waals surface area (Å²) in [5.74, 6) is 0. The average Bonchev–Trinajstić information content (AvgIpc) is 2.01. The lowest BCUT2D eigenvalue weighted by Gasteiger charge is -2.19. The van der Waals surface area contributed by atoms with E-state index in [0.717, 1.165) is 5.57 Å². The van der Waals surface area contributed by atoms with Crippen LogP contribution in [0.4, 0.5) is 0 Å². The fraction of sp³-hybridized carbons (Fsp3) is 0.429. The number of rotatable bonds is 1. The minimum atomic E-state index is -0.110. The molecule has 1 aliphatic carbocycles. The zero-order valence-corrected chi connectivity index (χ0v) is 9.40. The number of alkyl halides is 2. The topological polar surface area (TPSA) is 26.0 Å². The first kappa shape index (κ1) is 9.84. The van der Waals surface area contributed by atoms with Crippen LogP contribution in [0.3, 0.4) is 0 Å². The molecule has 0 bridgehead atoms. The van der Waals surface area contributed by atoms with E-state index in [4.69, 9.17) is 28.9 Å². The third-order valence-corrected chi connectivity index (χ3v) is 4.17. The predicted octanol–water partition coefficient (Wildman–Crippen LogP) is 2.42. The van der Waals surface area contributed by atoms with Crippen LogP contribution in [0.1, 0.15) is 0 Å². The van der Waals surface area contributed by atoms with E-state index in [1.54, 1.807) is 0 Å². The van der Waals surface area contributed by atoms with Crippen molar-refractivity contribution < 1.29 is 0 Å². The number of hydrogen-bond acceptors (Lipinski definition) is 1. The predicted molar refractivity (Wildman–Crippen MR) is 58.5 cm³/mol. The van der Waals surface area contributed by atoms with E-state index in [-0.39, 0.29) is 9.30 Å². The summed E-state index contributed by atoms with van der Waals surface area (Å²) in [4.78, 5) is 0. The van der Waals surface area contributed by atoms with Gasteiger partial charge < -0.3 is 5.73 Å². The zero-order valence-electron chi connectivity index (χ0n) is 5.73. The smallest absolute Gasteiger partial charge is 0.0847 e. The highest BCUT2D eigenvalue weighted by Gasteiger charge is 2.22. The van der Waals surface area contributed by atoms with E-state index in [2.05, 4.69) is 22.6 Å². The van der Waals surface area contributed by atoms with E-state index >= 15 is 0 Å². The van der Waals surface area contributed by atoms with Gasteiger partial charge >= 0.3 is 0 Å². The van der Waals surface area contributed by atoms with Gasteiger partial charge in [-0.25, -0.2) is 0 Å². The lowest BCUT2D eigenvalue weighted by molar-refractivity contribution is 1.02. The van der Waals surface area contributed by atoms with E-state index < -0.39 is 0 Å². The molecule has 0 saturated heterocycles. The van der Waals surface area contributed by atoms with Crippen LogP contribution in [0.2, 0.25) is 0 Å². The van der Waals surface area contributed by atoms with E-state index in [9.17, 15) is 0 Å². The molecule has 4 heteroatoms. The van der Waals surface area contributed by atoms with Crippen molar-refractivity contribution in [3.8, 4) is 0 Å². The monoisotopic (exact) mass is 303 g/mol. The zero-order chi connectivity index (χ0) is 8.43. The lowest BCUT2D eigenvalue weighted by Crippen LogP contribution is -2.19. The minimum absolute atomic E-state index is 0.110. The second kappa shape index (κ2) is 4.12. The van der Waals surface area contributed by atoms with Gasteiger partial charge in [-0.05, 0) is 5.57 Å². The first-order valence-electron chi connectivity index (χ1n) is 3.21. The van der Waals surface area contributed by atoms with Crippen molar-refractivity contribution in [3.63, 3.8) is 0 Å². The second-order valence-corrected chi connectivity index (χ2v) is 4.60. The van der Waals surface area contributed by atoms with Crippen LogP contribution in [-0.4, -0.2) is 15.8 Å². The molecule has 0 aromatic rings. The van der Waals surface area contributed by atoms with Crippen molar-refractivity contribution >= 4 is 45.8 Å². The standard InChI is InChI=1S/C7H8Cl2IN/c8-6-4(3-11)1-2-5(10)7(6)9/h1-2,5,7H,3,11H2. The number of hydrogen-bond donors (Lipinski definition) is 1. The van der Waals surface area contributed by atoms with Crippen LogP contribution in [-0.2, 0) is 0 Å². The van der Waals surface area contributed by atoms with Crippen LogP contribution < -0.4 is 5.73 Å². The summed E-state index contributed by atoms with van der Waals surface area (Å²) in [5.41, 5.74) is 6.39. The molecule has 0 amide bonds. The molecule has 1 aliphatic rings. The van der Waals surface area contributed by atoms with Crippen LogP contribution in [0, 0.1) is 0 Å². The van der Waals surface area contributed by atoms with Gasteiger partial charge in [0.1, 0.15) is 0 Å². The van der Waals surface area contributed by atoms with Gasteiger partial charge in [-0.3, -0.25) is 0 Å². The Morgan fingerprint density at radius 3 is 2.82 bits per heavy atom. The molecule has 2 atom stereocenters. The first-order valence-corrected chi connectivity index (χ1v) is 5.27. The van der Waals surface area contributed by atoms with Crippen molar-refractivity contribution in [1.82, 2.24) is 0 Å². The maximum Gasteiger partial charge on any atom is 0.0847 e. The molecule has 62 valence electrons. The third-order valence-electron chi connectivity index (χ3n) is 1.53. The number of nitrogens with two attached hydrogens (primary N) is 1. The Morgan fingerprint density at radius 2 is 2.27 bits per heavy atom. The molecule has 2 unspecified atom stereocenters. The average molecular weight is 304 g/mol. The van der Waals surface area contributed by atoms with Crippen molar-refractivity contribution in [1.29, 1.82) is 0 Å². The fourth-order valence-corrected chi connectivity index (χ4v) is 2.15. The molecule has 1 nitrogen and oxygen atoms in total. The highest BCUT2D eigenvalue weighted by atomic mass is 127. The quantitative estimate of drug-likeness (QED) is 0.584. The number of halogens is 3. The molecule has 0 radical (unpaired) electrons. The molecule has 1 rings (SSSR count). The molecule has 0 saturated carbocycles. The molecule has 0 aliphatic heterocycles. The molecular formula is C7H8Cl2IN. The van der Waals surface area contributed by atoms with Crippen molar-refractivity contribution in [2.45, 2.75) is 9.30 Å². The van der Waals surface area contributed by atoms with Crippen LogP contribution in [0.15, 0.2) is 22.8 Å². The summed E-state index contributed by atoms with van der Waals surface area (Å²) in [5, 5.41) is 0.580. The Labute approximate surface area is 89.8 Å². The normalized spacial score (nSPS) is 31.3. The molecule has 11 heavy (non-hydrogen) atoms. The highest BCUT2D eigenvalue weighted by molar-refractivity contribution is 14.1. The van der Waals surface area contributed by atoms with Gasteiger partial charge in [0.15, 0.2) is 0 Å². The van der Waals surface area contributed by atoms with E-state index in [1.165, 1.54) is 0 Å². The van der Waals surface area contributed by atoms with E-state index in [0.29, 0.717) is 11.6 Å². The second-order valence-electron chi connectivity index (χ2n) is 2.28. The van der Waals surface area contributed by atoms with Gasteiger partial charge in [0.25, 0.3) is 0 Å². The van der Waals surface area contributed by atoms with E-state index in [1.807, 2.05) is 12.2 Å². The molecular weight excluding hydrogens is 296 g/mol. The molecule has 0 spiro atoms. The Hall–Kier alpha value is 0.750. The summed E-state index contributed by atoms with van der Waals surface area (Å²) in [6.45, 7) is 0.460. The summed E-state index contributed by atoms with van der Waals surface area (Å²) < 4.78 is 0.275. The highest BCUT2D eigenvalue weighted by Crippen LogP contribution is 2.31. The van der Waals surface area contributed by atoms with Crippen LogP contribution >= 0.6 is 45.8 Å². The number of allylic oxidation sites excluding steroid dienone is 2. The first-order chi connectivity index (χ1) is 5.16. The maximum absolute atomic E-state index is 5.99. The van der Waals surface area contributed by atoms with Gasteiger partial charge in [-0.1, -0.05) is 46.3 Å². The van der Waals surface area contributed by atoms with Crippen molar-refractivity contribution in [2.75, 3.05) is 6.54 Å². The van der Waals surface area contributed by atoms with Crippen LogP contribution in [0.5, 0.6) is 0 Å². The third kappa shape index (κ3) is 2.11. The summed E-state index contributed by atoms with van der Waals surface area (Å²) in [6.07, 6.45) is 3.96. The van der Waals surface area contributed by atoms with Gasteiger partial charge in [0.05, 0.1) is 9.30 Å². The van der Waals surface area contributed by atoms with Gasteiger partial charge in [0, 0.05) is 11.6 Å². The Balaban J connectivity index is 2.87. The largest absolute Gasteiger partial charge is 0.326 e. The minimum Gasteiger partial charge on any atom is -0.326 e. The van der Waals surface area contributed by atoms with Gasteiger partial charge in [-0.15, -0.1) is 11.6 Å². The SMILES string of the molecule is NCC1=C(Cl)C(Cl)C(I)C=C1. The molecule has 0 fully saturated rings.